The Kier molecular flexibility index (Phi) is 12.6. The number of benzene rings is 3. The van der Waals surface area contributed by atoms with Crippen LogP contribution < -0.4 is 20.1 Å². The molecule has 3 N–H and O–H groups in total. The molecule has 1 saturated heterocycles. The lowest BCUT2D eigenvalue weighted by atomic mass is 9.80. The fourth-order valence-corrected chi connectivity index (χ4v) is 7.65. The molecular weight excluding hydrogens is 745 g/mol. The summed E-state index contributed by atoms with van der Waals surface area (Å²) in [6.45, 7) is 1.48. The number of aromatic nitrogens is 4. The summed E-state index contributed by atoms with van der Waals surface area (Å²) in [6, 6.07) is 24.8. The average Bonchev–Trinajstić information content (AvgIpc) is 3.85. The standard InChI is InChI=1S/C43H48N6O9/c1-27(50)9-22-38(52)57-34-20-14-31(15-21-34)47-42(53)48-40-39-41(45-25-44-40)49(26-46-39)37-23-35(51)36(58-37)24-56-43(28-7-5-4-6-8-28,29-10-16-32(54-2)17-11-29)30-12-18-33(55-3)19-13-30/h4-8,10-13,16-19,25-26,31,34-37,51H,9,14-15,20-24H2,1-3H3,(H2,44,45,47,48,53)/t31?,34?,35-,36+,37+/m0/s1. The Labute approximate surface area is 336 Å². The first-order valence-electron chi connectivity index (χ1n) is 19.4. The Morgan fingerprint density at radius 1 is 0.845 bits per heavy atom. The predicted octanol–water partition coefficient (Wildman–Crippen LogP) is 5.85. The first-order valence-corrected chi connectivity index (χ1v) is 19.4. The lowest BCUT2D eigenvalue weighted by Gasteiger charge is -2.37. The smallest absolute Gasteiger partial charge is 0.320 e. The summed E-state index contributed by atoms with van der Waals surface area (Å²) in [6.07, 6.45) is 3.39. The molecule has 3 heterocycles. The van der Waals surface area contributed by atoms with Gasteiger partial charge in [0.25, 0.3) is 0 Å². The number of hydrogen-bond acceptors (Lipinski definition) is 12. The summed E-state index contributed by atoms with van der Waals surface area (Å²) < 4.78 is 31.6. The van der Waals surface area contributed by atoms with Gasteiger partial charge in [-0.15, -0.1) is 0 Å². The van der Waals surface area contributed by atoms with Crippen LogP contribution in [-0.2, 0) is 29.4 Å². The van der Waals surface area contributed by atoms with Crippen LogP contribution >= 0.6 is 0 Å². The zero-order valence-electron chi connectivity index (χ0n) is 32.7. The Balaban J connectivity index is 1.03. The highest BCUT2D eigenvalue weighted by atomic mass is 16.6. The molecule has 2 aromatic heterocycles. The number of carbonyl (C=O) groups is 3. The number of carbonyl (C=O) groups excluding carboxylic acids is 3. The largest absolute Gasteiger partial charge is 0.497 e. The van der Waals surface area contributed by atoms with Crippen molar-refractivity contribution in [2.45, 2.75) is 88.1 Å². The molecule has 3 atom stereocenters. The quantitative estimate of drug-likeness (QED) is 0.0851. The molecule has 58 heavy (non-hydrogen) atoms. The van der Waals surface area contributed by atoms with Crippen molar-refractivity contribution in [2.24, 2.45) is 0 Å². The minimum atomic E-state index is -1.10. The lowest BCUT2D eigenvalue weighted by Crippen LogP contribution is -2.41. The van der Waals surface area contributed by atoms with E-state index in [4.69, 9.17) is 23.7 Å². The molecule has 1 saturated carbocycles. The van der Waals surface area contributed by atoms with Crippen LogP contribution in [0.5, 0.6) is 11.5 Å². The van der Waals surface area contributed by atoms with E-state index >= 15 is 0 Å². The number of ketones is 1. The van der Waals surface area contributed by atoms with Crippen molar-refractivity contribution in [1.29, 1.82) is 0 Å². The van der Waals surface area contributed by atoms with Crippen molar-refractivity contribution < 1.29 is 43.2 Å². The number of imidazole rings is 1. The number of aliphatic hydroxyl groups excluding tert-OH is 1. The second-order valence-electron chi connectivity index (χ2n) is 14.6. The number of methoxy groups -OCH3 is 2. The van der Waals surface area contributed by atoms with Gasteiger partial charge in [-0.2, -0.15) is 0 Å². The number of urea groups is 1. The van der Waals surface area contributed by atoms with Crippen molar-refractivity contribution in [3.8, 4) is 11.5 Å². The summed E-state index contributed by atoms with van der Waals surface area (Å²) in [5.74, 6) is 1.20. The first kappa shape index (κ1) is 40.3. The first-order chi connectivity index (χ1) is 28.2. The summed E-state index contributed by atoms with van der Waals surface area (Å²) in [5.41, 5.74) is 2.27. The topological polar surface area (TPSA) is 185 Å². The van der Waals surface area contributed by atoms with Crippen LogP contribution in [0.3, 0.4) is 0 Å². The molecule has 2 fully saturated rings. The molecule has 304 valence electrons. The van der Waals surface area contributed by atoms with Crippen molar-refractivity contribution in [3.05, 3.63) is 108 Å². The van der Waals surface area contributed by atoms with Gasteiger partial charge in [0.15, 0.2) is 17.0 Å². The third kappa shape index (κ3) is 8.96. The summed E-state index contributed by atoms with van der Waals surface area (Å²) in [7, 11) is 3.24. The monoisotopic (exact) mass is 792 g/mol. The van der Waals surface area contributed by atoms with Gasteiger partial charge in [-0.25, -0.2) is 19.7 Å². The summed E-state index contributed by atoms with van der Waals surface area (Å²) in [5, 5.41) is 17.2. The molecule has 1 aliphatic heterocycles. The number of esters is 1. The van der Waals surface area contributed by atoms with Crippen molar-refractivity contribution in [1.82, 2.24) is 24.8 Å². The number of Topliss-reactive ketones (excluding diaryl/α,β-unsaturated/α-hetero) is 1. The second kappa shape index (κ2) is 18.1. The molecule has 0 radical (unpaired) electrons. The third-order valence-corrected chi connectivity index (χ3v) is 10.7. The van der Waals surface area contributed by atoms with Crippen LogP contribution in [0.2, 0.25) is 0 Å². The third-order valence-electron chi connectivity index (χ3n) is 10.7. The normalized spacial score (nSPS) is 20.7. The number of rotatable bonds is 15. The van der Waals surface area contributed by atoms with E-state index in [0.717, 1.165) is 16.7 Å². The zero-order chi connectivity index (χ0) is 40.6. The van der Waals surface area contributed by atoms with Crippen LogP contribution in [0.25, 0.3) is 11.2 Å². The maximum Gasteiger partial charge on any atom is 0.320 e. The van der Waals surface area contributed by atoms with E-state index in [9.17, 15) is 19.5 Å². The number of hydrogen-bond donors (Lipinski definition) is 3. The van der Waals surface area contributed by atoms with E-state index in [0.29, 0.717) is 48.3 Å². The van der Waals surface area contributed by atoms with Gasteiger partial charge < -0.3 is 38.9 Å². The fraction of sp³-hybridized carbons (Fsp3) is 0.395. The highest BCUT2D eigenvalue weighted by Crippen LogP contribution is 2.43. The van der Waals surface area contributed by atoms with Gasteiger partial charge in [0.05, 0.1) is 39.7 Å². The molecule has 0 bridgehead atoms. The van der Waals surface area contributed by atoms with Crippen LogP contribution in [0.4, 0.5) is 10.6 Å². The number of aliphatic hydroxyl groups is 1. The fourth-order valence-electron chi connectivity index (χ4n) is 7.65. The Bertz CT molecular complexity index is 2130. The minimum absolute atomic E-state index is 0.0312. The number of ether oxygens (including phenoxy) is 5. The molecular formula is C43H48N6O9. The molecule has 15 nitrogen and oxygen atoms in total. The van der Waals surface area contributed by atoms with Gasteiger partial charge in [-0.1, -0.05) is 54.6 Å². The van der Waals surface area contributed by atoms with Crippen molar-refractivity contribution in [2.75, 3.05) is 26.1 Å². The predicted molar refractivity (Wildman–Crippen MR) is 212 cm³/mol. The van der Waals surface area contributed by atoms with E-state index in [1.165, 1.54) is 13.3 Å². The molecule has 15 heteroatoms. The molecule has 1 aliphatic carbocycles. The van der Waals surface area contributed by atoms with E-state index in [1.54, 1.807) is 25.1 Å². The van der Waals surface area contributed by atoms with Crippen LogP contribution in [-0.4, -0.2) is 87.6 Å². The summed E-state index contributed by atoms with van der Waals surface area (Å²) >= 11 is 0. The van der Waals surface area contributed by atoms with E-state index in [-0.39, 0.29) is 55.6 Å². The van der Waals surface area contributed by atoms with Crippen LogP contribution in [0.15, 0.2) is 91.5 Å². The Morgan fingerprint density at radius 2 is 1.48 bits per heavy atom. The van der Waals surface area contributed by atoms with E-state index < -0.39 is 30.1 Å². The van der Waals surface area contributed by atoms with Crippen LogP contribution in [0, 0.1) is 0 Å². The number of amides is 2. The van der Waals surface area contributed by atoms with E-state index in [2.05, 4.69) is 25.6 Å². The Morgan fingerprint density at radius 3 is 2.10 bits per heavy atom. The lowest BCUT2D eigenvalue weighted by molar-refractivity contribution is -0.151. The number of fused-ring (bicyclic) bond motifs is 1. The van der Waals surface area contributed by atoms with Gasteiger partial charge in [0.1, 0.15) is 47.6 Å². The van der Waals surface area contributed by atoms with Crippen molar-refractivity contribution >= 4 is 34.8 Å². The average molecular weight is 793 g/mol. The molecule has 7 rings (SSSR count). The molecule has 0 unspecified atom stereocenters. The SMILES string of the molecule is COc1ccc(C(OC[C@H]2O[C@@H](n3cnc4c(NC(=O)NC5CCC(OC(=O)CCC(C)=O)CC5)ncnc43)C[C@@H]2O)(c2ccccc2)c2ccc(OC)cc2)cc1. The molecule has 2 aliphatic rings. The highest BCUT2D eigenvalue weighted by Gasteiger charge is 2.42. The van der Waals surface area contributed by atoms with Gasteiger partial charge in [0.2, 0.25) is 0 Å². The van der Waals surface area contributed by atoms with Gasteiger partial charge in [-0.3, -0.25) is 14.7 Å². The van der Waals surface area contributed by atoms with Gasteiger partial charge in [-0.05, 0) is 73.6 Å². The molecule has 5 aromatic rings. The molecule has 0 spiro atoms. The number of nitrogens with zero attached hydrogens (tertiary/aromatic N) is 4. The van der Waals surface area contributed by atoms with Gasteiger partial charge in [0, 0.05) is 18.9 Å². The Hall–Kier alpha value is -5.90. The highest BCUT2D eigenvalue weighted by molar-refractivity contribution is 5.96. The second-order valence-corrected chi connectivity index (χ2v) is 14.6. The maximum absolute atomic E-state index is 13.1. The maximum atomic E-state index is 13.1. The van der Waals surface area contributed by atoms with E-state index in [1.807, 2.05) is 78.9 Å². The molecule has 3 aromatic carbocycles. The summed E-state index contributed by atoms with van der Waals surface area (Å²) in [4.78, 5) is 49.6. The van der Waals surface area contributed by atoms with Crippen LogP contribution in [0.1, 0.15) is 74.8 Å². The number of anilines is 1. The van der Waals surface area contributed by atoms with Crippen molar-refractivity contribution in [3.63, 3.8) is 0 Å². The minimum Gasteiger partial charge on any atom is -0.497 e. The zero-order valence-corrected chi connectivity index (χ0v) is 32.7. The molecule has 2 amide bonds. The number of nitrogens with one attached hydrogen (secondary N) is 2. The van der Waals surface area contributed by atoms with Gasteiger partial charge >= 0.3 is 12.0 Å².